The van der Waals surface area contributed by atoms with Crippen molar-refractivity contribution < 1.29 is 4.79 Å². The van der Waals surface area contributed by atoms with E-state index in [9.17, 15) is 4.79 Å². The Labute approximate surface area is 96.2 Å². The third-order valence-corrected chi connectivity index (χ3v) is 2.88. The highest BCUT2D eigenvalue weighted by Crippen LogP contribution is 2.28. The van der Waals surface area contributed by atoms with Crippen LogP contribution < -0.4 is 10.6 Å². The minimum Gasteiger partial charge on any atom is -0.380 e. The average Bonchev–Trinajstić information content (AvgIpc) is 2.36. The van der Waals surface area contributed by atoms with Crippen LogP contribution >= 0.6 is 0 Å². The second kappa shape index (κ2) is 4.56. The quantitative estimate of drug-likeness (QED) is 0.801. The number of hydrogen-bond acceptors (Lipinski definition) is 2. The third kappa shape index (κ3) is 2.35. The fourth-order valence-electron chi connectivity index (χ4n) is 2.11. The van der Waals surface area contributed by atoms with Crippen molar-refractivity contribution in [1.82, 2.24) is 0 Å². The second-order valence-corrected chi connectivity index (χ2v) is 4.43. The lowest BCUT2D eigenvalue weighted by atomic mass is 10.1. The highest BCUT2D eigenvalue weighted by Gasteiger charge is 2.19. The number of amides is 1. The van der Waals surface area contributed by atoms with Gasteiger partial charge in [-0.25, -0.2) is 0 Å². The van der Waals surface area contributed by atoms with E-state index in [1.54, 1.807) is 0 Å². The van der Waals surface area contributed by atoms with Crippen molar-refractivity contribution in [2.75, 3.05) is 10.6 Å². The third-order valence-electron chi connectivity index (χ3n) is 2.88. The molecule has 1 aromatic carbocycles. The summed E-state index contributed by atoms with van der Waals surface area (Å²) in [6.45, 7) is 4.17. The Hall–Kier alpha value is -1.51. The fraction of sp³-hybridized carbons (Fsp3) is 0.462. The highest BCUT2D eigenvalue weighted by molar-refractivity contribution is 5.96. The van der Waals surface area contributed by atoms with Crippen LogP contribution in [0.5, 0.6) is 0 Å². The molecular weight excluding hydrogens is 200 g/mol. The van der Waals surface area contributed by atoms with Gasteiger partial charge >= 0.3 is 0 Å². The zero-order chi connectivity index (χ0) is 11.5. The number of rotatable bonds is 2. The first kappa shape index (κ1) is 11.0. The summed E-state index contributed by atoms with van der Waals surface area (Å²) in [7, 11) is 0. The molecule has 1 aromatic rings. The van der Waals surface area contributed by atoms with Gasteiger partial charge in [0.25, 0.3) is 0 Å². The Morgan fingerprint density at radius 1 is 1.38 bits per heavy atom. The van der Waals surface area contributed by atoms with E-state index in [4.69, 9.17) is 0 Å². The molecule has 0 radical (unpaired) electrons. The highest BCUT2D eigenvalue weighted by atomic mass is 16.1. The van der Waals surface area contributed by atoms with E-state index in [-0.39, 0.29) is 11.9 Å². The molecule has 0 fully saturated rings. The van der Waals surface area contributed by atoms with Crippen LogP contribution in [0.4, 0.5) is 11.4 Å². The van der Waals surface area contributed by atoms with Crippen molar-refractivity contribution in [3.63, 3.8) is 0 Å². The summed E-state index contributed by atoms with van der Waals surface area (Å²) in [5.41, 5.74) is 3.10. The molecule has 16 heavy (non-hydrogen) atoms. The Kier molecular flexibility index (Phi) is 3.13. The van der Waals surface area contributed by atoms with Crippen LogP contribution in [0.25, 0.3) is 0 Å². The van der Waals surface area contributed by atoms with Crippen LogP contribution in [0.2, 0.25) is 0 Å². The average molecular weight is 218 g/mol. The lowest BCUT2D eigenvalue weighted by Gasteiger charge is -2.15. The molecular formula is C13H18N2O. The zero-order valence-corrected chi connectivity index (χ0v) is 9.84. The lowest BCUT2D eigenvalue weighted by Crippen LogP contribution is -2.22. The topological polar surface area (TPSA) is 41.1 Å². The van der Waals surface area contributed by atoms with Gasteiger partial charge in [0.15, 0.2) is 0 Å². The van der Waals surface area contributed by atoms with Crippen molar-refractivity contribution in [1.29, 1.82) is 0 Å². The Balaban J connectivity index is 2.28. The maximum absolute atomic E-state index is 11.7. The lowest BCUT2D eigenvalue weighted by molar-refractivity contribution is -0.116. The van der Waals surface area contributed by atoms with E-state index >= 15 is 0 Å². The largest absolute Gasteiger partial charge is 0.380 e. The molecule has 2 N–H and O–H groups in total. The predicted octanol–water partition coefficient (Wildman–Crippen LogP) is 2.92. The summed E-state index contributed by atoms with van der Waals surface area (Å²) in [6, 6.07) is 6.37. The van der Waals surface area contributed by atoms with Gasteiger partial charge in [-0.05, 0) is 31.0 Å². The molecule has 0 aliphatic carbocycles. The van der Waals surface area contributed by atoms with Crippen molar-refractivity contribution in [2.45, 2.75) is 39.2 Å². The molecule has 3 nitrogen and oxygen atoms in total. The molecule has 0 bridgehead atoms. The van der Waals surface area contributed by atoms with Gasteiger partial charge in [-0.15, -0.1) is 0 Å². The number of benzene rings is 1. The van der Waals surface area contributed by atoms with Gasteiger partial charge < -0.3 is 10.6 Å². The van der Waals surface area contributed by atoms with E-state index in [1.165, 1.54) is 0 Å². The number of fused-ring (bicyclic) bond motifs is 1. The second-order valence-electron chi connectivity index (χ2n) is 4.43. The number of anilines is 2. The SMILES string of the molecule is CCCC1CC(=O)Nc2cc(C)ccc2N1. The van der Waals surface area contributed by atoms with Gasteiger partial charge in [0, 0.05) is 12.5 Å². The molecule has 0 saturated carbocycles. The number of aryl methyl sites for hydroxylation is 1. The van der Waals surface area contributed by atoms with E-state index in [0.717, 1.165) is 29.8 Å². The molecule has 1 atom stereocenters. The van der Waals surface area contributed by atoms with Crippen LogP contribution in [-0.2, 0) is 4.79 Å². The minimum atomic E-state index is 0.107. The summed E-state index contributed by atoms with van der Waals surface area (Å²) >= 11 is 0. The van der Waals surface area contributed by atoms with Crippen LogP contribution in [-0.4, -0.2) is 11.9 Å². The van der Waals surface area contributed by atoms with Crippen LogP contribution in [0.1, 0.15) is 31.7 Å². The summed E-state index contributed by atoms with van der Waals surface area (Å²) in [5, 5.41) is 6.38. The first-order valence-electron chi connectivity index (χ1n) is 5.86. The number of hydrogen-bond donors (Lipinski definition) is 2. The zero-order valence-electron chi connectivity index (χ0n) is 9.84. The summed E-state index contributed by atoms with van der Waals surface area (Å²) < 4.78 is 0. The van der Waals surface area contributed by atoms with Gasteiger partial charge in [0.1, 0.15) is 0 Å². The van der Waals surface area contributed by atoms with Crippen molar-refractivity contribution in [3.05, 3.63) is 23.8 Å². The number of carbonyl (C=O) groups is 1. The first-order valence-corrected chi connectivity index (χ1v) is 5.86. The van der Waals surface area contributed by atoms with Crippen LogP contribution in [0.15, 0.2) is 18.2 Å². The van der Waals surface area contributed by atoms with E-state index in [0.29, 0.717) is 6.42 Å². The predicted molar refractivity (Wildman–Crippen MR) is 66.7 cm³/mol. The summed E-state index contributed by atoms with van der Waals surface area (Å²) in [6.07, 6.45) is 2.68. The molecule has 1 aliphatic heterocycles. The Bertz CT molecular complexity index is 401. The minimum absolute atomic E-state index is 0.107. The van der Waals surface area contributed by atoms with Crippen molar-refractivity contribution in [2.24, 2.45) is 0 Å². The van der Waals surface area contributed by atoms with Gasteiger partial charge in [0.05, 0.1) is 11.4 Å². The molecule has 0 saturated heterocycles. The van der Waals surface area contributed by atoms with Crippen molar-refractivity contribution >= 4 is 17.3 Å². The normalized spacial score (nSPS) is 19.4. The molecule has 0 aromatic heterocycles. The van der Waals surface area contributed by atoms with E-state index < -0.39 is 0 Å². The molecule has 3 heteroatoms. The van der Waals surface area contributed by atoms with Gasteiger partial charge in [-0.1, -0.05) is 19.4 Å². The number of nitrogens with one attached hydrogen (secondary N) is 2. The molecule has 86 valence electrons. The van der Waals surface area contributed by atoms with Gasteiger partial charge in [-0.2, -0.15) is 0 Å². The molecule has 1 amide bonds. The summed E-state index contributed by atoms with van der Waals surface area (Å²) in [4.78, 5) is 11.7. The number of carbonyl (C=O) groups excluding carboxylic acids is 1. The molecule has 0 spiro atoms. The monoisotopic (exact) mass is 218 g/mol. The molecule has 1 unspecified atom stereocenters. The maximum atomic E-state index is 11.7. The Morgan fingerprint density at radius 2 is 2.19 bits per heavy atom. The fourth-order valence-corrected chi connectivity index (χ4v) is 2.11. The molecule has 1 aliphatic rings. The standard InChI is InChI=1S/C13H18N2O/c1-3-4-10-8-13(16)15-12-7-9(2)5-6-11(12)14-10/h5-7,10,14H,3-4,8H2,1-2H3,(H,15,16). The Morgan fingerprint density at radius 3 is 2.94 bits per heavy atom. The molecule has 1 heterocycles. The maximum Gasteiger partial charge on any atom is 0.226 e. The van der Waals surface area contributed by atoms with Crippen molar-refractivity contribution in [3.8, 4) is 0 Å². The van der Waals surface area contributed by atoms with E-state index in [2.05, 4.69) is 23.6 Å². The van der Waals surface area contributed by atoms with Crippen LogP contribution in [0.3, 0.4) is 0 Å². The van der Waals surface area contributed by atoms with Gasteiger partial charge in [0.2, 0.25) is 5.91 Å². The van der Waals surface area contributed by atoms with Gasteiger partial charge in [-0.3, -0.25) is 4.79 Å². The smallest absolute Gasteiger partial charge is 0.226 e. The van der Waals surface area contributed by atoms with E-state index in [1.807, 2.05) is 19.1 Å². The van der Waals surface area contributed by atoms with Crippen LogP contribution in [0, 0.1) is 6.92 Å². The molecule has 2 rings (SSSR count). The first-order chi connectivity index (χ1) is 7.69. The summed E-state index contributed by atoms with van der Waals surface area (Å²) in [5.74, 6) is 0.107.